The molecule has 1 aromatic heterocycles. The first-order chi connectivity index (χ1) is 11.6. The minimum atomic E-state index is -0.506. The maximum absolute atomic E-state index is 12.1. The number of hydrogen-bond acceptors (Lipinski definition) is 4. The number of carbonyl (C=O) groups is 1. The monoisotopic (exact) mass is 400 g/mol. The van der Waals surface area contributed by atoms with Gasteiger partial charge in [0.2, 0.25) is 5.88 Å². The molecule has 2 aromatic rings. The maximum Gasteiger partial charge on any atom is 0.264 e. The minimum absolute atomic E-state index is 0.0845. The van der Waals surface area contributed by atoms with E-state index in [0.29, 0.717) is 5.56 Å². The lowest BCUT2D eigenvalue weighted by Gasteiger charge is -2.16. The van der Waals surface area contributed by atoms with Gasteiger partial charge in [-0.25, -0.2) is 0 Å². The van der Waals surface area contributed by atoms with E-state index < -0.39 is 5.91 Å². The molecule has 0 aliphatic carbocycles. The Morgan fingerprint density at radius 2 is 1.88 bits per heavy atom. The lowest BCUT2D eigenvalue weighted by atomic mass is 9.86. The Hall–Kier alpha value is -1.87. The summed E-state index contributed by atoms with van der Waals surface area (Å²) in [6, 6.07) is 4.90. The van der Waals surface area contributed by atoms with Crippen LogP contribution in [-0.4, -0.2) is 12.5 Å². The first-order valence-electron chi connectivity index (χ1n) is 7.22. The van der Waals surface area contributed by atoms with Gasteiger partial charge in [-0.15, -0.1) is 0 Å². The molecule has 1 N–H and O–H groups in total. The van der Waals surface area contributed by atoms with E-state index >= 15 is 0 Å². The fraction of sp³-hybridized carbons (Fsp3) is 0.294. The third kappa shape index (κ3) is 4.60. The molecule has 0 saturated heterocycles. The summed E-state index contributed by atoms with van der Waals surface area (Å²) >= 11 is 17.7. The second kappa shape index (κ2) is 7.57. The first-order valence-corrected chi connectivity index (χ1v) is 8.36. The average molecular weight is 402 g/mol. The number of nitriles is 1. The Morgan fingerprint density at radius 3 is 2.48 bits per heavy atom. The standard InChI is InChI=1S/C17H15Cl3N2O3/c1-17(2,3)10-7-25-16(9(10)6-21)22-15(23)8-24-14-5-12(19)11(18)4-13(14)20/h4-5,7H,8H2,1-3H3,(H,22,23). The molecule has 0 aliphatic rings. The largest absolute Gasteiger partial charge is 0.482 e. The highest BCUT2D eigenvalue weighted by Gasteiger charge is 2.25. The second-order valence-electron chi connectivity index (χ2n) is 6.25. The van der Waals surface area contributed by atoms with Gasteiger partial charge in [0.25, 0.3) is 5.91 Å². The molecule has 2 rings (SSSR count). The number of anilines is 1. The van der Waals surface area contributed by atoms with Crippen molar-refractivity contribution < 1.29 is 13.9 Å². The summed E-state index contributed by atoms with van der Waals surface area (Å²) in [6.45, 7) is 5.49. The van der Waals surface area contributed by atoms with Crippen LogP contribution in [0.15, 0.2) is 22.8 Å². The van der Waals surface area contributed by atoms with E-state index in [1.165, 1.54) is 18.4 Å². The number of nitrogens with one attached hydrogen (secondary N) is 1. The highest BCUT2D eigenvalue weighted by Crippen LogP contribution is 2.34. The van der Waals surface area contributed by atoms with Gasteiger partial charge < -0.3 is 9.15 Å². The van der Waals surface area contributed by atoms with Crippen LogP contribution in [0, 0.1) is 11.3 Å². The molecule has 0 spiro atoms. The summed E-state index contributed by atoms with van der Waals surface area (Å²) in [5.74, 6) is -0.198. The van der Waals surface area contributed by atoms with Gasteiger partial charge in [-0.05, 0) is 11.5 Å². The summed E-state index contributed by atoms with van der Waals surface area (Å²) in [6.07, 6.45) is 1.46. The van der Waals surface area contributed by atoms with E-state index in [2.05, 4.69) is 11.4 Å². The van der Waals surface area contributed by atoms with Crippen LogP contribution in [0.25, 0.3) is 0 Å². The zero-order valence-corrected chi connectivity index (χ0v) is 16.0. The number of rotatable bonds is 4. The fourth-order valence-corrected chi connectivity index (χ4v) is 2.63. The maximum atomic E-state index is 12.1. The van der Waals surface area contributed by atoms with Crippen LogP contribution < -0.4 is 10.1 Å². The van der Waals surface area contributed by atoms with E-state index in [1.807, 2.05) is 20.8 Å². The molecule has 0 saturated carbocycles. The van der Waals surface area contributed by atoms with Gasteiger partial charge in [-0.2, -0.15) is 5.26 Å². The Labute approximate surface area is 160 Å². The number of amides is 1. The van der Waals surface area contributed by atoms with Crippen LogP contribution in [0.4, 0.5) is 5.88 Å². The third-order valence-corrected chi connectivity index (χ3v) is 4.31. The number of halogens is 3. The van der Waals surface area contributed by atoms with Gasteiger partial charge in [0, 0.05) is 11.6 Å². The molecular formula is C17H15Cl3N2O3. The highest BCUT2D eigenvalue weighted by molar-refractivity contribution is 6.43. The van der Waals surface area contributed by atoms with Crippen LogP contribution >= 0.6 is 34.8 Å². The Morgan fingerprint density at radius 1 is 1.24 bits per heavy atom. The number of carbonyl (C=O) groups excluding carboxylic acids is 1. The average Bonchev–Trinajstić information content (AvgIpc) is 2.92. The Kier molecular flexibility index (Phi) is 5.89. The number of hydrogen-bond donors (Lipinski definition) is 1. The van der Waals surface area contributed by atoms with Crippen LogP contribution in [-0.2, 0) is 10.2 Å². The normalized spacial score (nSPS) is 11.1. The minimum Gasteiger partial charge on any atom is -0.482 e. The van der Waals surface area contributed by atoms with E-state index in [-0.39, 0.29) is 44.3 Å². The van der Waals surface area contributed by atoms with E-state index in [9.17, 15) is 10.1 Å². The highest BCUT2D eigenvalue weighted by atomic mass is 35.5. The molecule has 1 amide bonds. The quantitative estimate of drug-likeness (QED) is 0.693. The van der Waals surface area contributed by atoms with E-state index in [1.54, 1.807) is 0 Å². The van der Waals surface area contributed by atoms with Crippen LogP contribution in [0.2, 0.25) is 15.1 Å². The molecule has 0 unspecified atom stereocenters. The molecule has 0 fully saturated rings. The van der Waals surface area contributed by atoms with Crippen LogP contribution in [0.3, 0.4) is 0 Å². The molecule has 132 valence electrons. The van der Waals surface area contributed by atoms with Crippen molar-refractivity contribution in [1.82, 2.24) is 0 Å². The van der Waals surface area contributed by atoms with E-state index in [4.69, 9.17) is 44.0 Å². The van der Waals surface area contributed by atoms with Gasteiger partial charge in [0.15, 0.2) is 6.61 Å². The SMILES string of the molecule is CC(C)(C)c1coc(NC(=O)COc2cc(Cl)c(Cl)cc2Cl)c1C#N. The molecular weight excluding hydrogens is 387 g/mol. The lowest BCUT2D eigenvalue weighted by molar-refractivity contribution is -0.118. The van der Waals surface area contributed by atoms with Crippen molar-refractivity contribution in [1.29, 1.82) is 5.26 Å². The van der Waals surface area contributed by atoms with Crippen molar-refractivity contribution in [2.24, 2.45) is 0 Å². The molecule has 0 aliphatic heterocycles. The van der Waals surface area contributed by atoms with E-state index in [0.717, 1.165) is 0 Å². The number of benzene rings is 1. The van der Waals surface area contributed by atoms with Crippen LogP contribution in [0.5, 0.6) is 5.75 Å². The number of nitrogens with zero attached hydrogens (tertiary/aromatic N) is 1. The van der Waals surface area contributed by atoms with Gasteiger partial charge >= 0.3 is 0 Å². The lowest BCUT2D eigenvalue weighted by Crippen LogP contribution is -2.21. The number of ether oxygens (including phenoxy) is 1. The summed E-state index contributed by atoms with van der Waals surface area (Å²) < 4.78 is 10.7. The second-order valence-corrected chi connectivity index (χ2v) is 7.47. The van der Waals surface area contributed by atoms with Crippen molar-refractivity contribution in [3.63, 3.8) is 0 Å². The molecule has 0 atom stereocenters. The van der Waals surface area contributed by atoms with Crippen molar-refractivity contribution in [3.8, 4) is 11.8 Å². The molecule has 5 nitrogen and oxygen atoms in total. The summed E-state index contributed by atoms with van der Waals surface area (Å²) in [4.78, 5) is 12.1. The summed E-state index contributed by atoms with van der Waals surface area (Å²) in [7, 11) is 0. The third-order valence-electron chi connectivity index (χ3n) is 3.30. The van der Waals surface area contributed by atoms with Gasteiger partial charge in [0.1, 0.15) is 17.4 Å². The molecule has 1 heterocycles. The van der Waals surface area contributed by atoms with Gasteiger partial charge in [-0.1, -0.05) is 55.6 Å². The van der Waals surface area contributed by atoms with Crippen molar-refractivity contribution >= 4 is 46.6 Å². The molecule has 0 radical (unpaired) electrons. The predicted octanol–water partition coefficient (Wildman–Crippen LogP) is 5.43. The summed E-state index contributed by atoms with van der Waals surface area (Å²) in [5.41, 5.74) is 0.703. The molecule has 0 bridgehead atoms. The smallest absolute Gasteiger partial charge is 0.264 e. The van der Waals surface area contributed by atoms with Crippen molar-refractivity contribution in [3.05, 3.63) is 44.6 Å². The Bertz CT molecular complexity index is 848. The topological polar surface area (TPSA) is 75.3 Å². The van der Waals surface area contributed by atoms with Gasteiger partial charge in [-0.3, -0.25) is 10.1 Å². The number of furan rings is 1. The zero-order chi connectivity index (χ0) is 18.8. The molecule has 25 heavy (non-hydrogen) atoms. The van der Waals surface area contributed by atoms with Crippen molar-refractivity contribution in [2.75, 3.05) is 11.9 Å². The first kappa shape index (κ1) is 19.5. The molecule has 1 aromatic carbocycles. The predicted molar refractivity (Wildman–Crippen MR) is 97.7 cm³/mol. The Balaban J connectivity index is 2.08. The van der Waals surface area contributed by atoms with Gasteiger partial charge in [0.05, 0.1) is 21.3 Å². The van der Waals surface area contributed by atoms with Crippen LogP contribution in [0.1, 0.15) is 31.9 Å². The fourth-order valence-electron chi connectivity index (χ4n) is 2.03. The summed E-state index contributed by atoms with van der Waals surface area (Å²) in [5, 5.41) is 12.6. The van der Waals surface area contributed by atoms with Crippen molar-refractivity contribution in [2.45, 2.75) is 26.2 Å². The molecule has 8 heteroatoms. The zero-order valence-electron chi connectivity index (χ0n) is 13.7.